The highest BCUT2D eigenvalue weighted by Gasteiger charge is 2.38. The lowest BCUT2D eigenvalue weighted by molar-refractivity contribution is 0.0954. The highest BCUT2D eigenvalue weighted by molar-refractivity contribution is 5.63. The number of nitrogens with zero attached hydrogens (tertiary/aromatic N) is 3. The lowest BCUT2D eigenvalue weighted by Gasteiger charge is -2.20. The summed E-state index contributed by atoms with van der Waals surface area (Å²) in [7, 11) is 0. The maximum absolute atomic E-state index is 9.34. The minimum Gasteiger partial charge on any atom is -0.480 e. The van der Waals surface area contributed by atoms with Crippen LogP contribution in [0.4, 0.5) is 0 Å². The Morgan fingerprint density at radius 3 is 2.43 bits per heavy atom. The molecule has 1 aliphatic rings. The van der Waals surface area contributed by atoms with Crippen LogP contribution in [0.1, 0.15) is 19.6 Å². The summed E-state index contributed by atoms with van der Waals surface area (Å²) in [5, 5.41) is 27.3. The minimum atomic E-state index is -0.803. The van der Waals surface area contributed by atoms with Crippen LogP contribution in [-0.4, -0.2) is 5.60 Å². The first-order chi connectivity index (χ1) is 10.0. The fourth-order valence-corrected chi connectivity index (χ4v) is 2.03. The molecule has 0 aliphatic carbocycles. The Balaban J connectivity index is 2.57. The molecule has 0 radical (unpaired) electrons. The van der Waals surface area contributed by atoms with Crippen LogP contribution in [0.5, 0.6) is 0 Å². The van der Waals surface area contributed by atoms with Crippen LogP contribution in [0.2, 0.25) is 0 Å². The van der Waals surface area contributed by atoms with Gasteiger partial charge in [-0.05, 0) is 38.1 Å². The average Bonchev–Trinajstić information content (AvgIpc) is 3.04. The summed E-state index contributed by atoms with van der Waals surface area (Å²) in [6, 6.07) is 9.05. The van der Waals surface area contributed by atoms with Gasteiger partial charge in [0.2, 0.25) is 0 Å². The van der Waals surface area contributed by atoms with Gasteiger partial charge in [0.05, 0.1) is 6.26 Å². The second-order valence-corrected chi connectivity index (χ2v) is 4.79. The molecule has 1 aromatic rings. The minimum absolute atomic E-state index is 0.0339. The molecule has 0 saturated carbocycles. The average molecular weight is 277 g/mol. The zero-order valence-corrected chi connectivity index (χ0v) is 11.5. The predicted molar refractivity (Wildman–Crippen MR) is 73.8 cm³/mol. The first-order valence-corrected chi connectivity index (χ1v) is 6.13. The molecule has 21 heavy (non-hydrogen) atoms. The lowest BCUT2D eigenvalue weighted by atomic mass is 9.94. The van der Waals surface area contributed by atoms with Gasteiger partial charge in [-0.2, -0.15) is 15.8 Å². The third-order valence-corrected chi connectivity index (χ3v) is 3.02. The van der Waals surface area contributed by atoms with Crippen molar-refractivity contribution in [3.8, 4) is 18.2 Å². The Morgan fingerprint density at radius 2 is 1.90 bits per heavy atom. The van der Waals surface area contributed by atoms with Crippen LogP contribution in [-0.2, 0) is 4.74 Å². The fourth-order valence-electron chi connectivity index (χ4n) is 2.03. The van der Waals surface area contributed by atoms with Gasteiger partial charge in [0.15, 0.2) is 11.3 Å². The molecule has 1 aliphatic heterocycles. The fraction of sp³-hybridized carbons (Fsp3) is 0.188. The Kier molecular flexibility index (Phi) is 3.65. The molecule has 0 N–H and O–H groups in total. The first-order valence-electron chi connectivity index (χ1n) is 6.13. The second kappa shape index (κ2) is 5.41. The third kappa shape index (κ3) is 2.56. The third-order valence-electron chi connectivity index (χ3n) is 3.02. The summed E-state index contributed by atoms with van der Waals surface area (Å²) >= 11 is 0. The van der Waals surface area contributed by atoms with Crippen molar-refractivity contribution in [2.75, 3.05) is 0 Å². The molecule has 0 amide bonds. The molecule has 0 spiro atoms. The molecular weight excluding hydrogens is 266 g/mol. The van der Waals surface area contributed by atoms with E-state index in [-0.39, 0.29) is 16.9 Å². The van der Waals surface area contributed by atoms with Gasteiger partial charge in [0, 0.05) is 5.57 Å². The second-order valence-electron chi connectivity index (χ2n) is 4.79. The first kappa shape index (κ1) is 14.2. The molecule has 0 atom stereocenters. The van der Waals surface area contributed by atoms with E-state index in [2.05, 4.69) is 0 Å². The molecule has 5 nitrogen and oxygen atoms in total. The lowest BCUT2D eigenvalue weighted by Crippen LogP contribution is -2.20. The molecule has 0 unspecified atom stereocenters. The Hall–Kier alpha value is -3.23. The maximum atomic E-state index is 9.34. The zero-order chi connectivity index (χ0) is 15.5. The van der Waals surface area contributed by atoms with Crippen molar-refractivity contribution in [1.29, 1.82) is 15.8 Å². The van der Waals surface area contributed by atoms with Crippen LogP contribution in [0.3, 0.4) is 0 Å². The van der Waals surface area contributed by atoms with Gasteiger partial charge in [-0.1, -0.05) is 0 Å². The van der Waals surface area contributed by atoms with Gasteiger partial charge in [0.25, 0.3) is 0 Å². The van der Waals surface area contributed by atoms with Crippen LogP contribution >= 0.6 is 0 Å². The number of hydrogen-bond donors (Lipinski definition) is 0. The summed E-state index contributed by atoms with van der Waals surface area (Å²) in [4.78, 5) is 0. The van der Waals surface area contributed by atoms with Crippen LogP contribution < -0.4 is 0 Å². The van der Waals surface area contributed by atoms with E-state index in [0.29, 0.717) is 11.3 Å². The van der Waals surface area contributed by atoms with E-state index in [4.69, 9.17) is 19.7 Å². The molecular formula is C16H11N3O2. The normalized spacial score (nSPS) is 16.2. The number of rotatable bonds is 2. The molecule has 5 heteroatoms. The van der Waals surface area contributed by atoms with Crippen molar-refractivity contribution in [2.24, 2.45) is 0 Å². The van der Waals surface area contributed by atoms with Crippen molar-refractivity contribution in [3.05, 3.63) is 52.7 Å². The van der Waals surface area contributed by atoms with Crippen molar-refractivity contribution in [2.45, 2.75) is 19.4 Å². The van der Waals surface area contributed by atoms with Gasteiger partial charge in [-0.25, -0.2) is 0 Å². The van der Waals surface area contributed by atoms with Crippen LogP contribution in [0.15, 0.2) is 51.4 Å². The molecule has 0 saturated heterocycles. The summed E-state index contributed by atoms with van der Waals surface area (Å²) in [5.74, 6) is 0.667. The van der Waals surface area contributed by atoms with Crippen molar-refractivity contribution in [1.82, 2.24) is 0 Å². The van der Waals surface area contributed by atoms with E-state index in [1.54, 1.807) is 56.5 Å². The highest BCUT2D eigenvalue weighted by atomic mass is 16.5. The predicted octanol–water partition coefficient (Wildman–Crippen LogP) is 3.22. The number of hydrogen-bond acceptors (Lipinski definition) is 5. The molecule has 1 aromatic heterocycles. The maximum Gasteiger partial charge on any atom is 0.172 e. The van der Waals surface area contributed by atoms with E-state index >= 15 is 0 Å². The van der Waals surface area contributed by atoms with E-state index in [9.17, 15) is 5.26 Å². The number of nitriles is 3. The molecule has 102 valence electrons. The number of allylic oxidation sites excluding steroid dienone is 2. The van der Waals surface area contributed by atoms with Gasteiger partial charge in [0.1, 0.15) is 35.1 Å². The summed E-state index contributed by atoms with van der Waals surface area (Å²) < 4.78 is 10.8. The SMILES string of the molecule is CC1(C)OC(=C(C#N)C#N)C(C#N)=C1C=Cc1ccco1. The van der Waals surface area contributed by atoms with Crippen LogP contribution in [0.25, 0.3) is 6.08 Å². The standard InChI is InChI=1S/C16H11N3O2/c1-16(2)14(6-5-12-4-3-7-20-12)13(10-19)15(21-16)11(8-17)9-18/h3-7H,1-2H3. The van der Waals surface area contributed by atoms with Crippen LogP contribution in [0, 0.1) is 34.0 Å². The Labute approximate surface area is 122 Å². The van der Waals surface area contributed by atoms with Gasteiger partial charge >= 0.3 is 0 Å². The van der Waals surface area contributed by atoms with Crippen molar-refractivity contribution in [3.63, 3.8) is 0 Å². The molecule has 0 bridgehead atoms. The van der Waals surface area contributed by atoms with Gasteiger partial charge < -0.3 is 9.15 Å². The summed E-state index contributed by atoms with van der Waals surface area (Å²) in [6.45, 7) is 3.54. The smallest absolute Gasteiger partial charge is 0.172 e. The topological polar surface area (TPSA) is 93.7 Å². The number of ether oxygens (including phenoxy) is 1. The summed E-state index contributed by atoms with van der Waals surface area (Å²) in [6.07, 6.45) is 4.96. The van der Waals surface area contributed by atoms with E-state index < -0.39 is 5.60 Å². The van der Waals surface area contributed by atoms with E-state index in [1.807, 2.05) is 6.07 Å². The van der Waals surface area contributed by atoms with Crippen molar-refractivity contribution >= 4 is 6.08 Å². The van der Waals surface area contributed by atoms with Gasteiger partial charge in [-0.3, -0.25) is 0 Å². The molecule has 0 aromatic carbocycles. The van der Waals surface area contributed by atoms with Crippen molar-refractivity contribution < 1.29 is 9.15 Å². The summed E-state index contributed by atoms with van der Waals surface area (Å²) in [5.41, 5.74) is -0.219. The van der Waals surface area contributed by atoms with E-state index in [1.165, 1.54) is 0 Å². The van der Waals surface area contributed by atoms with Gasteiger partial charge in [-0.15, -0.1) is 0 Å². The molecule has 2 rings (SSSR count). The Morgan fingerprint density at radius 1 is 1.19 bits per heavy atom. The van der Waals surface area contributed by atoms with E-state index in [0.717, 1.165) is 0 Å². The monoisotopic (exact) mass is 277 g/mol. The number of furan rings is 1. The molecule has 0 fully saturated rings. The molecule has 2 heterocycles. The quantitative estimate of drug-likeness (QED) is 0.773. The Bertz CT molecular complexity index is 757. The zero-order valence-electron chi connectivity index (χ0n) is 11.5. The largest absolute Gasteiger partial charge is 0.480 e. The highest BCUT2D eigenvalue weighted by Crippen LogP contribution is 2.40.